The predicted octanol–water partition coefficient (Wildman–Crippen LogP) is 3.64. The third-order valence-corrected chi connectivity index (χ3v) is 6.55. The third kappa shape index (κ3) is 5.55. The van der Waals surface area contributed by atoms with Crippen LogP contribution < -0.4 is 14.4 Å². The van der Waals surface area contributed by atoms with Gasteiger partial charge in [0, 0.05) is 38.0 Å². The second-order valence-electron chi connectivity index (χ2n) is 7.96. The first-order valence-electron chi connectivity index (χ1n) is 10.6. The molecule has 1 unspecified atom stereocenters. The molecule has 7 nitrogen and oxygen atoms in total. The summed E-state index contributed by atoms with van der Waals surface area (Å²) < 4.78 is 11.6. The summed E-state index contributed by atoms with van der Waals surface area (Å²) in [4.78, 5) is 30.8. The summed E-state index contributed by atoms with van der Waals surface area (Å²) in [6.07, 6.45) is 0.775. The number of carbonyl (C=O) groups is 2. The molecular formula is C24H31N3O4S. The molecule has 0 aromatic heterocycles. The van der Waals surface area contributed by atoms with Crippen LogP contribution in [-0.4, -0.2) is 69.6 Å². The number of carbonyl (C=O) groups excluding carboxylic acids is 2. The van der Waals surface area contributed by atoms with Gasteiger partial charge in [-0.2, -0.15) is 0 Å². The monoisotopic (exact) mass is 457 g/mol. The molecule has 1 atom stereocenters. The van der Waals surface area contributed by atoms with Gasteiger partial charge in [-0.15, -0.1) is 0 Å². The van der Waals surface area contributed by atoms with E-state index in [1.807, 2.05) is 59.3 Å². The molecule has 172 valence electrons. The number of ether oxygens (including phenoxy) is 2. The quantitative estimate of drug-likeness (QED) is 0.536. The number of benzene rings is 2. The van der Waals surface area contributed by atoms with Crippen LogP contribution >= 0.6 is 11.8 Å². The number of thioether (sulfide) groups is 1. The Hall–Kier alpha value is -2.71. The Morgan fingerprint density at radius 2 is 1.88 bits per heavy atom. The Morgan fingerprint density at radius 1 is 1.12 bits per heavy atom. The normalized spacial score (nSPS) is 14.9. The van der Waals surface area contributed by atoms with Crippen LogP contribution in [0.15, 0.2) is 47.4 Å². The molecule has 0 bridgehead atoms. The van der Waals surface area contributed by atoms with Gasteiger partial charge < -0.3 is 14.4 Å². The van der Waals surface area contributed by atoms with E-state index in [9.17, 15) is 9.59 Å². The summed E-state index contributed by atoms with van der Waals surface area (Å²) in [7, 11) is 7.07. The molecule has 1 aliphatic rings. The number of rotatable bonds is 9. The van der Waals surface area contributed by atoms with Crippen LogP contribution in [0.3, 0.4) is 0 Å². The van der Waals surface area contributed by atoms with Crippen LogP contribution in [0.2, 0.25) is 0 Å². The van der Waals surface area contributed by atoms with Crippen molar-refractivity contribution in [2.24, 2.45) is 0 Å². The molecule has 0 fully saturated rings. The number of amides is 2. The number of nitrogens with zero attached hydrogens (tertiary/aromatic N) is 3. The second-order valence-corrected chi connectivity index (χ2v) is 9.08. The zero-order chi connectivity index (χ0) is 23.3. The zero-order valence-corrected chi connectivity index (χ0v) is 20.1. The number of fused-ring (bicyclic) bond motifs is 1. The Bertz CT molecular complexity index is 966. The topological polar surface area (TPSA) is 62.3 Å². The number of para-hydroxylation sites is 1. The molecule has 0 saturated carbocycles. The first-order valence-corrected chi connectivity index (χ1v) is 11.4. The minimum absolute atomic E-state index is 0.0200. The summed E-state index contributed by atoms with van der Waals surface area (Å²) in [5.41, 5.74) is 1.81. The lowest BCUT2D eigenvalue weighted by Crippen LogP contribution is -2.35. The molecule has 1 aliphatic heterocycles. The lowest BCUT2D eigenvalue weighted by molar-refractivity contribution is -0.129. The summed E-state index contributed by atoms with van der Waals surface area (Å²) in [5, 5.41) is -0.226. The van der Waals surface area contributed by atoms with Gasteiger partial charge in [-0.1, -0.05) is 23.9 Å². The minimum Gasteiger partial charge on any atom is -0.497 e. The van der Waals surface area contributed by atoms with E-state index >= 15 is 0 Å². The van der Waals surface area contributed by atoms with Gasteiger partial charge in [-0.25, -0.2) is 0 Å². The second kappa shape index (κ2) is 10.7. The average Bonchev–Trinajstić information content (AvgIpc) is 3.16. The number of anilines is 1. The van der Waals surface area contributed by atoms with Crippen molar-refractivity contribution in [1.82, 2.24) is 9.80 Å². The van der Waals surface area contributed by atoms with E-state index in [1.165, 1.54) is 0 Å². The summed E-state index contributed by atoms with van der Waals surface area (Å²) in [5.74, 6) is 1.50. The van der Waals surface area contributed by atoms with Gasteiger partial charge in [0.1, 0.15) is 16.9 Å². The van der Waals surface area contributed by atoms with Crippen LogP contribution in [-0.2, 0) is 9.59 Å². The first-order chi connectivity index (χ1) is 15.3. The molecule has 8 heteroatoms. The van der Waals surface area contributed by atoms with Crippen LogP contribution in [0.25, 0.3) is 0 Å². The molecule has 0 aliphatic carbocycles. The molecule has 1 heterocycles. The smallest absolute Gasteiger partial charge is 0.236 e. The van der Waals surface area contributed by atoms with Gasteiger partial charge in [0.25, 0.3) is 0 Å². The Labute approximate surface area is 194 Å². The van der Waals surface area contributed by atoms with Gasteiger partial charge in [0.05, 0.1) is 25.9 Å². The van der Waals surface area contributed by atoms with E-state index in [0.717, 1.165) is 34.9 Å². The Morgan fingerprint density at radius 3 is 2.56 bits per heavy atom. The highest BCUT2D eigenvalue weighted by Gasteiger charge is 2.35. The van der Waals surface area contributed by atoms with Gasteiger partial charge in [0.15, 0.2) is 0 Å². The molecule has 0 N–H and O–H groups in total. The highest BCUT2D eigenvalue weighted by Crippen LogP contribution is 2.53. The van der Waals surface area contributed by atoms with E-state index in [2.05, 4.69) is 0 Å². The van der Waals surface area contributed by atoms with Crippen molar-refractivity contribution in [3.8, 4) is 11.5 Å². The predicted molar refractivity (Wildman–Crippen MR) is 127 cm³/mol. The Kier molecular flexibility index (Phi) is 8.04. The molecule has 3 rings (SSSR count). The van der Waals surface area contributed by atoms with Crippen LogP contribution in [0, 0.1) is 0 Å². The van der Waals surface area contributed by atoms with Crippen molar-refractivity contribution in [2.45, 2.75) is 23.6 Å². The largest absolute Gasteiger partial charge is 0.497 e. The number of hydrogen-bond acceptors (Lipinski definition) is 6. The standard InChI is InChI=1S/C24H31N3O4S/c1-17(28)27-20-9-6-7-10-22(20)32-24(27)19-15-18(30-5)11-12-21(19)31-14-8-13-26(4)16-23(29)25(2)3/h6-7,9-12,15,24H,8,13-14,16H2,1-5H3. The molecule has 0 saturated heterocycles. The fourth-order valence-electron chi connectivity index (χ4n) is 3.54. The Balaban J connectivity index is 1.72. The molecular weight excluding hydrogens is 426 g/mol. The maximum absolute atomic E-state index is 12.5. The maximum atomic E-state index is 12.5. The van der Waals surface area contributed by atoms with Gasteiger partial charge in [-0.3, -0.25) is 19.4 Å². The number of likely N-dealkylation sites (N-methyl/N-ethyl adjacent to an activating group) is 2. The molecule has 2 amide bonds. The maximum Gasteiger partial charge on any atom is 0.236 e. The van der Waals surface area contributed by atoms with E-state index < -0.39 is 0 Å². The molecule has 0 radical (unpaired) electrons. The number of methoxy groups -OCH3 is 1. The zero-order valence-electron chi connectivity index (χ0n) is 19.3. The van der Waals surface area contributed by atoms with Crippen molar-refractivity contribution in [2.75, 3.05) is 52.8 Å². The van der Waals surface area contributed by atoms with Crippen LogP contribution in [0.4, 0.5) is 5.69 Å². The minimum atomic E-state index is -0.226. The summed E-state index contributed by atoms with van der Waals surface area (Å²) in [6.45, 7) is 3.21. The van der Waals surface area contributed by atoms with E-state index in [0.29, 0.717) is 18.9 Å². The highest BCUT2D eigenvalue weighted by molar-refractivity contribution is 8.00. The lowest BCUT2D eigenvalue weighted by atomic mass is 10.1. The van der Waals surface area contributed by atoms with Crippen molar-refractivity contribution in [3.63, 3.8) is 0 Å². The fourth-order valence-corrected chi connectivity index (χ4v) is 4.90. The van der Waals surface area contributed by atoms with Crippen molar-refractivity contribution in [3.05, 3.63) is 48.0 Å². The third-order valence-electron chi connectivity index (χ3n) is 5.27. The molecule has 2 aromatic carbocycles. The van der Waals surface area contributed by atoms with E-state index in [-0.39, 0.29) is 17.2 Å². The van der Waals surface area contributed by atoms with E-state index in [1.54, 1.807) is 44.8 Å². The average molecular weight is 458 g/mol. The van der Waals surface area contributed by atoms with Crippen molar-refractivity contribution < 1.29 is 19.1 Å². The summed E-state index contributed by atoms with van der Waals surface area (Å²) >= 11 is 1.63. The molecule has 2 aromatic rings. The SMILES string of the molecule is COc1ccc(OCCCN(C)CC(=O)N(C)C)c(C2Sc3ccccc3N2C(C)=O)c1. The van der Waals surface area contributed by atoms with E-state index in [4.69, 9.17) is 9.47 Å². The van der Waals surface area contributed by atoms with Gasteiger partial charge in [0.2, 0.25) is 11.8 Å². The lowest BCUT2D eigenvalue weighted by Gasteiger charge is -2.26. The van der Waals surface area contributed by atoms with Crippen molar-refractivity contribution >= 4 is 29.3 Å². The highest BCUT2D eigenvalue weighted by atomic mass is 32.2. The van der Waals surface area contributed by atoms with Gasteiger partial charge >= 0.3 is 0 Å². The fraction of sp³-hybridized carbons (Fsp3) is 0.417. The first kappa shape index (κ1) is 23.9. The molecule has 0 spiro atoms. The van der Waals surface area contributed by atoms with Crippen molar-refractivity contribution in [1.29, 1.82) is 0 Å². The molecule has 32 heavy (non-hydrogen) atoms. The van der Waals surface area contributed by atoms with Gasteiger partial charge in [-0.05, 0) is 43.8 Å². The van der Waals surface area contributed by atoms with Crippen LogP contribution in [0.1, 0.15) is 24.3 Å². The summed E-state index contributed by atoms with van der Waals surface area (Å²) in [6, 6.07) is 13.6. The number of hydrogen-bond donors (Lipinski definition) is 0. The van der Waals surface area contributed by atoms with Crippen LogP contribution in [0.5, 0.6) is 11.5 Å².